The van der Waals surface area contributed by atoms with E-state index >= 15 is 0 Å². The number of benzene rings is 2. The first-order valence-electron chi connectivity index (χ1n) is 6.87. The molecule has 1 saturated heterocycles. The molecule has 3 heteroatoms. The summed E-state index contributed by atoms with van der Waals surface area (Å²) in [5.41, 5.74) is 9.75. The molecule has 20 heavy (non-hydrogen) atoms. The zero-order chi connectivity index (χ0) is 13.9. The fourth-order valence-corrected chi connectivity index (χ4v) is 2.81. The smallest absolute Gasteiger partial charge is 0.0992 e. The van der Waals surface area contributed by atoms with Crippen LogP contribution in [0.4, 0.5) is 11.4 Å². The van der Waals surface area contributed by atoms with E-state index in [1.807, 2.05) is 30.3 Å². The molecule has 0 aromatic heterocycles. The average Bonchev–Trinajstić information content (AvgIpc) is 2.98. The Balaban J connectivity index is 1.76. The second-order valence-corrected chi connectivity index (χ2v) is 5.26. The van der Waals surface area contributed by atoms with Gasteiger partial charge in [-0.25, -0.2) is 0 Å². The highest BCUT2D eigenvalue weighted by atomic mass is 15.1. The van der Waals surface area contributed by atoms with Gasteiger partial charge in [-0.1, -0.05) is 18.2 Å². The second kappa shape index (κ2) is 5.26. The molecule has 1 atom stereocenters. The molecule has 1 fully saturated rings. The Hall–Kier alpha value is -2.47. The van der Waals surface area contributed by atoms with Crippen molar-refractivity contribution in [2.75, 3.05) is 23.7 Å². The van der Waals surface area contributed by atoms with Gasteiger partial charge >= 0.3 is 0 Å². The highest BCUT2D eigenvalue weighted by Crippen LogP contribution is 2.31. The van der Waals surface area contributed by atoms with E-state index in [4.69, 9.17) is 11.0 Å². The van der Waals surface area contributed by atoms with Gasteiger partial charge in [0.2, 0.25) is 0 Å². The van der Waals surface area contributed by atoms with Gasteiger partial charge in [0.25, 0.3) is 0 Å². The number of hydrogen-bond donors (Lipinski definition) is 1. The summed E-state index contributed by atoms with van der Waals surface area (Å²) in [4.78, 5) is 2.35. The van der Waals surface area contributed by atoms with Gasteiger partial charge in [-0.15, -0.1) is 0 Å². The fourth-order valence-electron chi connectivity index (χ4n) is 2.81. The molecule has 1 aliphatic heterocycles. The van der Waals surface area contributed by atoms with Gasteiger partial charge < -0.3 is 10.6 Å². The number of hydrogen-bond acceptors (Lipinski definition) is 3. The van der Waals surface area contributed by atoms with E-state index in [9.17, 15) is 0 Å². The Kier molecular flexibility index (Phi) is 3.30. The van der Waals surface area contributed by atoms with Crippen LogP contribution in [0.1, 0.15) is 23.5 Å². The lowest BCUT2D eigenvalue weighted by molar-refractivity contribution is 0.775. The summed E-state index contributed by atoms with van der Waals surface area (Å²) in [7, 11) is 0. The summed E-state index contributed by atoms with van der Waals surface area (Å²) in [5, 5.41) is 8.98. The monoisotopic (exact) mass is 263 g/mol. The van der Waals surface area contributed by atoms with Gasteiger partial charge in [-0.05, 0) is 42.3 Å². The molecule has 0 radical (unpaired) electrons. The number of nitrogen functional groups attached to an aromatic ring is 1. The Bertz CT molecular complexity index is 640. The second-order valence-electron chi connectivity index (χ2n) is 5.26. The van der Waals surface area contributed by atoms with E-state index in [2.05, 4.69) is 29.2 Å². The molecule has 2 aromatic carbocycles. The van der Waals surface area contributed by atoms with E-state index < -0.39 is 0 Å². The molecule has 3 nitrogen and oxygen atoms in total. The maximum Gasteiger partial charge on any atom is 0.0992 e. The van der Waals surface area contributed by atoms with Gasteiger partial charge in [0, 0.05) is 30.4 Å². The maximum atomic E-state index is 8.98. The fraction of sp³-hybridized carbons (Fsp3) is 0.235. The van der Waals surface area contributed by atoms with Crippen LogP contribution >= 0.6 is 0 Å². The first kappa shape index (κ1) is 12.6. The summed E-state index contributed by atoms with van der Waals surface area (Å²) >= 11 is 0. The summed E-state index contributed by atoms with van der Waals surface area (Å²) in [6, 6.07) is 18.2. The van der Waals surface area contributed by atoms with E-state index in [0.717, 1.165) is 36.4 Å². The molecule has 1 aliphatic rings. The van der Waals surface area contributed by atoms with Crippen LogP contribution in [0.15, 0.2) is 48.5 Å². The van der Waals surface area contributed by atoms with Crippen LogP contribution in [0.3, 0.4) is 0 Å². The van der Waals surface area contributed by atoms with Gasteiger partial charge in [0.05, 0.1) is 11.6 Å². The Morgan fingerprint density at radius 2 is 1.95 bits per heavy atom. The van der Waals surface area contributed by atoms with Crippen molar-refractivity contribution in [2.45, 2.75) is 12.3 Å². The zero-order valence-corrected chi connectivity index (χ0v) is 11.3. The molecule has 0 bridgehead atoms. The predicted molar refractivity (Wildman–Crippen MR) is 81.6 cm³/mol. The molecule has 0 aliphatic carbocycles. The number of nitrogens with two attached hydrogens (primary N) is 1. The van der Waals surface area contributed by atoms with Gasteiger partial charge in [0.15, 0.2) is 0 Å². The lowest BCUT2D eigenvalue weighted by Crippen LogP contribution is -2.19. The topological polar surface area (TPSA) is 53.0 Å². The van der Waals surface area contributed by atoms with Crippen LogP contribution in [0.25, 0.3) is 0 Å². The first-order valence-corrected chi connectivity index (χ1v) is 6.87. The van der Waals surface area contributed by atoms with Crippen LogP contribution in [0.5, 0.6) is 0 Å². The number of nitriles is 1. The van der Waals surface area contributed by atoms with Crippen molar-refractivity contribution in [3.05, 3.63) is 59.7 Å². The van der Waals surface area contributed by atoms with Gasteiger partial charge in [0.1, 0.15) is 0 Å². The van der Waals surface area contributed by atoms with Gasteiger partial charge in [-0.2, -0.15) is 5.26 Å². The molecule has 2 aromatic rings. The van der Waals surface area contributed by atoms with Crippen LogP contribution in [0.2, 0.25) is 0 Å². The normalized spacial score (nSPS) is 17.9. The highest BCUT2D eigenvalue weighted by Gasteiger charge is 2.24. The van der Waals surface area contributed by atoms with E-state index in [-0.39, 0.29) is 0 Å². The number of anilines is 2. The summed E-state index contributed by atoms with van der Waals surface area (Å²) in [6.45, 7) is 2.03. The Morgan fingerprint density at radius 1 is 1.15 bits per heavy atom. The minimum Gasteiger partial charge on any atom is -0.399 e. The van der Waals surface area contributed by atoms with Crippen LogP contribution in [-0.2, 0) is 0 Å². The van der Waals surface area contributed by atoms with Crippen molar-refractivity contribution in [3.63, 3.8) is 0 Å². The molecule has 3 rings (SSSR count). The molecular weight excluding hydrogens is 246 g/mol. The van der Waals surface area contributed by atoms with Crippen LogP contribution in [0, 0.1) is 11.3 Å². The molecule has 0 saturated carbocycles. The molecule has 0 spiro atoms. The maximum absolute atomic E-state index is 8.98. The van der Waals surface area contributed by atoms with E-state index in [1.165, 1.54) is 5.56 Å². The van der Waals surface area contributed by atoms with Crippen molar-refractivity contribution in [2.24, 2.45) is 0 Å². The summed E-state index contributed by atoms with van der Waals surface area (Å²) in [6.07, 6.45) is 1.14. The quantitative estimate of drug-likeness (QED) is 0.847. The predicted octanol–water partition coefficient (Wildman–Crippen LogP) is 3.13. The SMILES string of the molecule is N#Cc1cccc(N2CCC(c3ccc(N)cc3)C2)c1. The van der Waals surface area contributed by atoms with Gasteiger partial charge in [-0.3, -0.25) is 0 Å². The standard InChI is InChI=1S/C17H17N3/c18-11-13-2-1-3-17(10-13)20-9-8-15(12-20)14-4-6-16(19)7-5-14/h1-7,10,15H,8-9,12,19H2. The largest absolute Gasteiger partial charge is 0.399 e. The van der Waals surface area contributed by atoms with Crippen molar-refractivity contribution in [3.8, 4) is 6.07 Å². The third-order valence-electron chi connectivity index (χ3n) is 3.94. The van der Waals surface area contributed by atoms with Crippen molar-refractivity contribution >= 4 is 11.4 Å². The zero-order valence-electron chi connectivity index (χ0n) is 11.3. The summed E-state index contributed by atoms with van der Waals surface area (Å²) in [5.74, 6) is 0.543. The number of rotatable bonds is 2. The minimum atomic E-state index is 0.543. The van der Waals surface area contributed by atoms with Crippen molar-refractivity contribution in [1.29, 1.82) is 5.26 Å². The molecule has 2 N–H and O–H groups in total. The Morgan fingerprint density at radius 3 is 2.70 bits per heavy atom. The van der Waals surface area contributed by atoms with E-state index in [1.54, 1.807) is 0 Å². The Labute approximate surface area is 119 Å². The van der Waals surface area contributed by atoms with Crippen LogP contribution in [-0.4, -0.2) is 13.1 Å². The van der Waals surface area contributed by atoms with E-state index in [0.29, 0.717) is 5.92 Å². The third kappa shape index (κ3) is 2.46. The van der Waals surface area contributed by atoms with Crippen molar-refractivity contribution < 1.29 is 0 Å². The molecule has 1 unspecified atom stereocenters. The minimum absolute atomic E-state index is 0.543. The number of nitrogens with zero attached hydrogens (tertiary/aromatic N) is 2. The van der Waals surface area contributed by atoms with Crippen LogP contribution < -0.4 is 10.6 Å². The van der Waals surface area contributed by atoms with Crippen molar-refractivity contribution in [1.82, 2.24) is 0 Å². The lowest BCUT2D eigenvalue weighted by Gasteiger charge is -2.19. The third-order valence-corrected chi connectivity index (χ3v) is 3.94. The molecule has 1 heterocycles. The first-order chi connectivity index (χ1) is 9.76. The molecule has 0 amide bonds. The summed E-state index contributed by atoms with van der Waals surface area (Å²) < 4.78 is 0. The highest BCUT2D eigenvalue weighted by molar-refractivity contribution is 5.53. The molecule has 100 valence electrons. The lowest BCUT2D eigenvalue weighted by atomic mass is 9.98. The molecular formula is C17H17N3. The average molecular weight is 263 g/mol.